The smallest absolute Gasteiger partial charge is 0.355 e. The fraction of sp³-hybridized carbons (Fsp3) is 0.571. The molecule has 1 aliphatic carbocycles. The van der Waals surface area contributed by atoms with Crippen molar-refractivity contribution in [2.75, 3.05) is 19.5 Å². The van der Waals surface area contributed by atoms with Gasteiger partial charge in [-0.25, -0.2) is 4.39 Å². The lowest BCUT2D eigenvalue weighted by Crippen LogP contribution is -2.41. The van der Waals surface area contributed by atoms with E-state index in [0.717, 1.165) is 24.9 Å². The zero-order valence-electron chi connectivity index (χ0n) is 11.9. The molecule has 0 amide bonds. The predicted molar refractivity (Wildman–Crippen MR) is 77.5 cm³/mol. The Morgan fingerprint density at radius 1 is 1.10 bits per heavy atom. The molecule has 0 heterocycles. The fourth-order valence-corrected chi connectivity index (χ4v) is 4.81. The van der Waals surface area contributed by atoms with Crippen molar-refractivity contribution in [3.63, 3.8) is 0 Å². The summed E-state index contributed by atoms with van der Waals surface area (Å²) in [6.45, 7) is 0. The molecule has 1 aromatic rings. The Balaban J connectivity index is 2.32. The second-order valence-electron chi connectivity index (χ2n) is 5.09. The summed E-state index contributed by atoms with van der Waals surface area (Å²) >= 11 is 0. The normalized spacial score (nSPS) is 18.8. The van der Waals surface area contributed by atoms with Crippen molar-refractivity contribution in [2.45, 2.75) is 37.4 Å². The van der Waals surface area contributed by atoms with Crippen molar-refractivity contribution in [3.8, 4) is 0 Å². The van der Waals surface area contributed by atoms with Crippen LogP contribution >= 0.6 is 7.60 Å². The molecule has 0 saturated heterocycles. The van der Waals surface area contributed by atoms with Crippen LogP contribution in [0.5, 0.6) is 0 Å². The lowest BCUT2D eigenvalue weighted by atomic mass is 9.94. The monoisotopic (exact) mass is 301 g/mol. The zero-order chi connectivity index (χ0) is 14.6. The van der Waals surface area contributed by atoms with Gasteiger partial charge in [0.05, 0.1) is 0 Å². The zero-order valence-corrected chi connectivity index (χ0v) is 12.8. The van der Waals surface area contributed by atoms with Gasteiger partial charge in [0.2, 0.25) is 0 Å². The molecule has 1 aromatic carbocycles. The van der Waals surface area contributed by atoms with Crippen LogP contribution < -0.4 is 5.32 Å². The molecule has 112 valence electrons. The molecule has 0 radical (unpaired) electrons. The Hall–Kier alpha value is -0.900. The van der Waals surface area contributed by atoms with Gasteiger partial charge < -0.3 is 14.4 Å². The van der Waals surface area contributed by atoms with Crippen LogP contribution in [0.25, 0.3) is 0 Å². The van der Waals surface area contributed by atoms with Gasteiger partial charge in [-0.3, -0.25) is 4.57 Å². The minimum Gasteiger partial charge on any atom is -0.369 e. The minimum absolute atomic E-state index is 0.296. The fourth-order valence-electron chi connectivity index (χ4n) is 2.83. The molecular weight excluding hydrogens is 280 g/mol. The highest BCUT2D eigenvalue weighted by Crippen LogP contribution is 2.63. The van der Waals surface area contributed by atoms with Crippen LogP contribution in [0.1, 0.15) is 32.1 Å². The van der Waals surface area contributed by atoms with Crippen molar-refractivity contribution in [2.24, 2.45) is 0 Å². The third-order valence-corrected chi connectivity index (χ3v) is 6.48. The molecule has 20 heavy (non-hydrogen) atoms. The number of halogens is 1. The van der Waals surface area contributed by atoms with Crippen molar-refractivity contribution >= 4 is 13.3 Å². The summed E-state index contributed by atoms with van der Waals surface area (Å²) in [6.07, 6.45) is 4.46. The van der Waals surface area contributed by atoms with E-state index in [9.17, 15) is 8.96 Å². The van der Waals surface area contributed by atoms with Crippen LogP contribution in [0.2, 0.25) is 0 Å². The average molecular weight is 301 g/mol. The van der Waals surface area contributed by atoms with Crippen LogP contribution in [0.15, 0.2) is 24.3 Å². The maximum atomic E-state index is 13.0. The summed E-state index contributed by atoms with van der Waals surface area (Å²) in [5.41, 5.74) is 0.725. The van der Waals surface area contributed by atoms with Crippen LogP contribution in [0.4, 0.5) is 10.1 Å². The summed E-state index contributed by atoms with van der Waals surface area (Å²) in [6, 6.07) is 6.04. The van der Waals surface area contributed by atoms with Gasteiger partial charge in [0, 0.05) is 19.9 Å². The van der Waals surface area contributed by atoms with Crippen molar-refractivity contribution in [1.29, 1.82) is 0 Å². The third-order valence-electron chi connectivity index (χ3n) is 3.91. The molecule has 0 unspecified atom stereocenters. The number of benzene rings is 1. The molecule has 1 fully saturated rings. The summed E-state index contributed by atoms with van der Waals surface area (Å²) < 4.78 is 36.4. The third kappa shape index (κ3) is 2.90. The van der Waals surface area contributed by atoms with E-state index in [2.05, 4.69) is 5.32 Å². The SMILES string of the molecule is COP(=O)(OC)C1(Nc2ccc(F)cc2)CCCCC1. The highest BCUT2D eigenvalue weighted by Gasteiger charge is 2.50. The van der Waals surface area contributed by atoms with E-state index >= 15 is 0 Å². The first-order chi connectivity index (χ1) is 9.55. The topological polar surface area (TPSA) is 47.6 Å². The Morgan fingerprint density at radius 2 is 1.65 bits per heavy atom. The van der Waals surface area contributed by atoms with Crippen molar-refractivity contribution < 1.29 is 18.0 Å². The molecule has 0 spiro atoms. The van der Waals surface area contributed by atoms with Crippen LogP contribution in [0, 0.1) is 5.82 Å². The Bertz CT molecular complexity index is 478. The second kappa shape index (κ2) is 6.25. The molecule has 1 aliphatic rings. The largest absolute Gasteiger partial charge is 0.369 e. The van der Waals surface area contributed by atoms with Crippen molar-refractivity contribution in [1.82, 2.24) is 0 Å². The van der Waals surface area contributed by atoms with E-state index in [0.29, 0.717) is 12.8 Å². The predicted octanol–water partition coefficient (Wildman–Crippen LogP) is 4.38. The van der Waals surface area contributed by atoms with E-state index in [1.165, 1.54) is 26.4 Å². The molecule has 2 rings (SSSR count). The van der Waals surface area contributed by atoms with Gasteiger partial charge in [-0.05, 0) is 37.1 Å². The molecule has 0 bridgehead atoms. The Labute approximate surface area is 119 Å². The van der Waals surface area contributed by atoms with Gasteiger partial charge in [0.15, 0.2) is 0 Å². The molecule has 4 nitrogen and oxygen atoms in total. The van der Waals surface area contributed by atoms with Crippen LogP contribution in [0.3, 0.4) is 0 Å². The van der Waals surface area contributed by atoms with Crippen LogP contribution in [-0.2, 0) is 13.6 Å². The highest BCUT2D eigenvalue weighted by molar-refractivity contribution is 7.55. The van der Waals surface area contributed by atoms with E-state index in [1.54, 1.807) is 12.1 Å². The first kappa shape index (κ1) is 15.5. The van der Waals surface area contributed by atoms with E-state index in [1.807, 2.05) is 0 Å². The van der Waals surface area contributed by atoms with E-state index < -0.39 is 12.9 Å². The maximum absolute atomic E-state index is 13.0. The molecule has 1 N–H and O–H groups in total. The number of hydrogen-bond acceptors (Lipinski definition) is 4. The number of anilines is 1. The minimum atomic E-state index is -3.27. The lowest BCUT2D eigenvalue weighted by Gasteiger charge is -2.41. The van der Waals surface area contributed by atoms with Gasteiger partial charge in [0.25, 0.3) is 0 Å². The summed E-state index contributed by atoms with van der Waals surface area (Å²) in [5.74, 6) is -0.296. The van der Waals surface area contributed by atoms with Gasteiger partial charge >= 0.3 is 7.60 Å². The lowest BCUT2D eigenvalue weighted by molar-refractivity contribution is 0.231. The quantitative estimate of drug-likeness (QED) is 0.820. The molecule has 0 aliphatic heterocycles. The standard InChI is InChI=1S/C14H21FNO3P/c1-18-20(17,19-2)14(10-4-3-5-11-14)16-13-8-6-12(15)7-9-13/h6-9,16H,3-5,10-11H2,1-2H3. The van der Waals surface area contributed by atoms with Gasteiger partial charge in [-0.1, -0.05) is 19.3 Å². The van der Waals surface area contributed by atoms with E-state index in [4.69, 9.17) is 9.05 Å². The van der Waals surface area contributed by atoms with Gasteiger partial charge in [0.1, 0.15) is 11.1 Å². The summed E-state index contributed by atoms with van der Waals surface area (Å²) in [4.78, 5) is 0. The molecule has 0 aromatic heterocycles. The molecule has 0 atom stereocenters. The van der Waals surface area contributed by atoms with Crippen molar-refractivity contribution in [3.05, 3.63) is 30.1 Å². The number of rotatable bonds is 5. The second-order valence-corrected chi connectivity index (χ2v) is 7.67. The summed E-state index contributed by atoms with van der Waals surface area (Å²) in [5, 5.41) is 2.55. The van der Waals surface area contributed by atoms with Crippen LogP contribution in [-0.4, -0.2) is 19.5 Å². The van der Waals surface area contributed by atoms with Gasteiger partial charge in [-0.15, -0.1) is 0 Å². The first-order valence-electron chi connectivity index (χ1n) is 6.81. The number of hydrogen-bond donors (Lipinski definition) is 1. The molecular formula is C14H21FNO3P. The van der Waals surface area contributed by atoms with E-state index in [-0.39, 0.29) is 5.82 Å². The number of nitrogens with one attached hydrogen (secondary N) is 1. The summed E-state index contributed by atoms with van der Waals surface area (Å²) in [7, 11) is -0.450. The highest BCUT2D eigenvalue weighted by atomic mass is 31.2. The first-order valence-corrected chi connectivity index (χ1v) is 8.35. The Morgan fingerprint density at radius 3 is 2.15 bits per heavy atom. The molecule has 1 saturated carbocycles. The Kier molecular flexibility index (Phi) is 4.84. The van der Waals surface area contributed by atoms with Gasteiger partial charge in [-0.2, -0.15) is 0 Å². The maximum Gasteiger partial charge on any atom is 0.355 e. The molecule has 6 heteroatoms. The average Bonchev–Trinajstić information content (AvgIpc) is 2.49.